The number of nitrogens with one attached hydrogen (secondary N) is 1. The molecule has 0 atom stereocenters. The van der Waals surface area contributed by atoms with Crippen molar-refractivity contribution in [2.75, 3.05) is 24.7 Å². The normalized spacial score (nSPS) is 11.2. The lowest BCUT2D eigenvalue weighted by Gasteiger charge is -2.19. The highest BCUT2D eigenvalue weighted by molar-refractivity contribution is 5.68. The van der Waals surface area contributed by atoms with Crippen LogP contribution in [0.15, 0.2) is 18.2 Å². The Hall–Kier alpha value is -1.38. The van der Waals surface area contributed by atoms with E-state index >= 15 is 0 Å². The van der Waals surface area contributed by atoms with E-state index in [-0.39, 0.29) is 0 Å². The van der Waals surface area contributed by atoms with E-state index in [0.29, 0.717) is 5.41 Å². The average Bonchev–Trinajstić information content (AvgIpc) is 2.19. The number of hydrogen-bond acceptors (Lipinski definition) is 3. The number of methoxy groups -OCH3 is 1. The summed E-state index contributed by atoms with van der Waals surface area (Å²) in [7, 11) is 1.66. The highest BCUT2D eigenvalue weighted by atomic mass is 16.5. The van der Waals surface area contributed by atoms with E-state index in [1.807, 2.05) is 18.2 Å². The molecular weight excluding hydrogens is 200 g/mol. The Kier molecular flexibility index (Phi) is 4.05. The highest BCUT2D eigenvalue weighted by Gasteiger charge is 2.09. The van der Waals surface area contributed by atoms with Crippen LogP contribution < -0.4 is 15.8 Å². The van der Waals surface area contributed by atoms with Crippen LogP contribution in [0.2, 0.25) is 0 Å². The van der Waals surface area contributed by atoms with Gasteiger partial charge in [-0.1, -0.05) is 20.8 Å². The molecule has 1 rings (SSSR count). The van der Waals surface area contributed by atoms with Crippen LogP contribution in [0.5, 0.6) is 5.75 Å². The molecule has 0 unspecified atom stereocenters. The van der Waals surface area contributed by atoms with Gasteiger partial charge in [0.1, 0.15) is 5.75 Å². The summed E-state index contributed by atoms with van der Waals surface area (Å²) in [6.45, 7) is 7.59. The average molecular weight is 222 g/mol. The third kappa shape index (κ3) is 4.01. The molecule has 0 aromatic heterocycles. The molecule has 0 saturated heterocycles. The second kappa shape index (κ2) is 5.10. The van der Waals surface area contributed by atoms with E-state index < -0.39 is 0 Å². The van der Waals surface area contributed by atoms with Gasteiger partial charge < -0.3 is 15.8 Å². The lowest BCUT2D eigenvalue weighted by Crippen LogP contribution is -2.13. The molecule has 0 aliphatic heterocycles. The largest absolute Gasteiger partial charge is 0.497 e. The van der Waals surface area contributed by atoms with E-state index in [1.54, 1.807) is 7.11 Å². The van der Waals surface area contributed by atoms with Crippen LogP contribution >= 0.6 is 0 Å². The molecule has 0 radical (unpaired) electrons. The summed E-state index contributed by atoms with van der Waals surface area (Å²) in [5, 5.41) is 3.34. The van der Waals surface area contributed by atoms with E-state index in [1.165, 1.54) is 0 Å². The lowest BCUT2D eigenvalue weighted by atomic mass is 9.92. The number of rotatable bonds is 4. The quantitative estimate of drug-likeness (QED) is 0.769. The second-order valence-corrected chi connectivity index (χ2v) is 5.19. The topological polar surface area (TPSA) is 47.3 Å². The smallest absolute Gasteiger partial charge is 0.121 e. The molecule has 16 heavy (non-hydrogen) atoms. The minimum atomic E-state index is 0.334. The van der Waals surface area contributed by atoms with Crippen LogP contribution in [0, 0.1) is 5.41 Å². The van der Waals surface area contributed by atoms with Crippen LogP contribution in [0.3, 0.4) is 0 Å². The van der Waals surface area contributed by atoms with Crippen molar-refractivity contribution in [3.8, 4) is 5.75 Å². The molecule has 0 fully saturated rings. The molecule has 3 N–H and O–H groups in total. The first-order chi connectivity index (χ1) is 7.42. The standard InChI is InChI=1S/C13H22N2O/c1-13(2,3)7-8-15-12-9-10(16-4)5-6-11(12)14/h5-6,9,15H,7-8,14H2,1-4H3. The molecule has 0 spiro atoms. The number of hydrogen-bond donors (Lipinski definition) is 2. The van der Waals surface area contributed by atoms with Gasteiger partial charge in [0.05, 0.1) is 18.5 Å². The minimum absolute atomic E-state index is 0.334. The zero-order valence-corrected chi connectivity index (χ0v) is 10.6. The molecular formula is C13H22N2O. The Balaban J connectivity index is 2.59. The van der Waals surface area contributed by atoms with Crippen molar-refractivity contribution in [1.29, 1.82) is 0 Å². The SMILES string of the molecule is COc1ccc(N)c(NCCC(C)(C)C)c1. The first kappa shape index (κ1) is 12.7. The fraction of sp³-hybridized carbons (Fsp3) is 0.538. The highest BCUT2D eigenvalue weighted by Crippen LogP contribution is 2.25. The van der Waals surface area contributed by atoms with Crippen LogP contribution in [0.4, 0.5) is 11.4 Å². The maximum absolute atomic E-state index is 5.88. The number of nitrogens with two attached hydrogens (primary N) is 1. The Labute approximate surface area is 98.0 Å². The van der Waals surface area contributed by atoms with Gasteiger partial charge in [-0.2, -0.15) is 0 Å². The molecule has 0 aliphatic rings. The maximum atomic E-state index is 5.88. The third-order valence-corrected chi connectivity index (χ3v) is 2.45. The number of anilines is 2. The van der Waals surface area contributed by atoms with Gasteiger partial charge in [0.2, 0.25) is 0 Å². The fourth-order valence-electron chi connectivity index (χ4n) is 1.39. The molecule has 0 saturated carbocycles. The molecule has 1 aromatic carbocycles. The fourth-order valence-corrected chi connectivity index (χ4v) is 1.39. The molecule has 0 aliphatic carbocycles. The van der Waals surface area contributed by atoms with E-state index in [4.69, 9.17) is 10.5 Å². The molecule has 3 heteroatoms. The Bertz CT molecular complexity index is 342. The van der Waals surface area contributed by atoms with Gasteiger partial charge in [0.25, 0.3) is 0 Å². The second-order valence-electron chi connectivity index (χ2n) is 5.19. The number of benzene rings is 1. The van der Waals surface area contributed by atoms with Crippen molar-refractivity contribution >= 4 is 11.4 Å². The summed E-state index contributed by atoms with van der Waals surface area (Å²) in [5.41, 5.74) is 7.92. The zero-order chi connectivity index (χ0) is 12.2. The Morgan fingerprint density at radius 1 is 1.31 bits per heavy atom. The predicted molar refractivity (Wildman–Crippen MR) is 70.0 cm³/mol. The van der Waals surface area contributed by atoms with Crippen molar-refractivity contribution in [3.05, 3.63) is 18.2 Å². The van der Waals surface area contributed by atoms with Gasteiger partial charge in [-0.15, -0.1) is 0 Å². The van der Waals surface area contributed by atoms with Crippen LogP contribution in [0.25, 0.3) is 0 Å². The van der Waals surface area contributed by atoms with Gasteiger partial charge in [0, 0.05) is 12.6 Å². The first-order valence-corrected chi connectivity index (χ1v) is 5.60. The number of ether oxygens (including phenoxy) is 1. The molecule has 90 valence electrons. The number of nitrogen functional groups attached to an aromatic ring is 1. The summed E-state index contributed by atoms with van der Waals surface area (Å²) in [5.74, 6) is 0.826. The van der Waals surface area contributed by atoms with Crippen LogP contribution in [0.1, 0.15) is 27.2 Å². The summed E-state index contributed by atoms with van der Waals surface area (Å²) >= 11 is 0. The third-order valence-electron chi connectivity index (χ3n) is 2.45. The molecule has 3 nitrogen and oxygen atoms in total. The van der Waals surface area contributed by atoms with Gasteiger partial charge in [0.15, 0.2) is 0 Å². The van der Waals surface area contributed by atoms with Gasteiger partial charge in [-0.25, -0.2) is 0 Å². The van der Waals surface area contributed by atoms with Crippen molar-refractivity contribution < 1.29 is 4.74 Å². The van der Waals surface area contributed by atoms with Crippen molar-refractivity contribution in [2.24, 2.45) is 5.41 Å². The lowest BCUT2D eigenvalue weighted by molar-refractivity contribution is 0.389. The van der Waals surface area contributed by atoms with Gasteiger partial charge in [-0.05, 0) is 24.0 Å². The van der Waals surface area contributed by atoms with Crippen molar-refractivity contribution in [3.63, 3.8) is 0 Å². The maximum Gasteiger partial charge on any atom is 0.121 e. The van der Waals surface area contributed by atoms with Crippen LogP contribution in [-0.4, -0.2) is 13.7 Å². The van der Waals surface area contributed by atoms with Gasteiger partial charge in [-0.3, -0.25) is 0 Å². The van der Waals surface area contributed by atoms with Gasteiger partial charge >= 0.3 is 0 Å². The summed E-state index contributed by atoms with van der Waals surface area (Å²) in [6.07, 6.45) is 1.10. The predicted octanol–water partition coefficient (Wildman–Crippen LogP) is 3.13. The summed E-state index contributed by atoms with van der Waals surface area (Å²) in [6, 6.07) is 5.65. The summed E-state index contributed by atoms with van der Waals surface area (Å²) < 4.78 is 5.16. The van der Waals surface area contributed by atoms with E-state index in [9.17, 15) is 0 Å². The monoisotopic (exact) mass is 222 g/mol. The first-order valence-electron chi connectivity index (χ1n) is 5.60. The summed E-state index contributed by atoms with van der Waals surface area (Å²) in [4.78, 5) is 0. The zero-order valence-electron chi connectivity index (χ0n) is 10.6. The van der Waals surface area contributed by atoms with Crippen LogP contribution in [-0.2, 0) is 0 Å². The van der Waals surface area contributed by atoms with E-state index in [2.05, 4.69) is 26.1 Å². The Morgan fingerprint density at radius 2 is 2.00 bits per heavy atom. The minimum Gasteiger partial charge on any atom is -0.497 e. The molecule has 0 amide bonds. The van der Waals surface area contributed by atoms with E-state index in [0.717, 1.165) is 30.1 Å². The van der Waals surface area contributed by atoms with Crippen molar-refractivity contribution in [2.45, 2.75) is 27.2 Å². The molecule has 0 heterocycles. The van der Waals surface area contributed by atoms with Crippen molar-refractivity contribution in [1.82, 2.24) is 0 Å². The Morgan fingerprint density at radius 3 is 2.56 bits per heavy atom. The molecule has 1 aromatic rings. The molecule has 0 bridgehead atoms.